The maximum Gasteiger partial charge on any atom is 0.0475 e. The van der Waals surface area contributed by atoms with Crippen LogP contribution in [0.2, 0.25) is 5.02 Å². The zero-order chi connectivity index (χ0) is 12.9. The Bertz CT molecular complexity index is 475. The predicted octanol–water partition coefficient (Wildman–Crippen LogP) is 5.68. The van der Waals surface area contributed by atoms with Crippen LogP contribution < -0.4 is 0 Å². The fraction of sp³-hybridized carbons (Fsp3) is 0.647. The fourth-order valence-corrected chi connectivity index (χ4v) is 4.64. The van der Waals surface area contributed by atoms with E-state index in [0.717, 1.165) is 10.9 Å². The number of benzene rings is 1. The zero-order valence-electron chi connectivity index (χ0n) is 11.7. The first kappa shape index (κ1) is 12.5. The summed E-state index contributed by atoms with van der Waals surface area (Å²) in [6.07, 6.45) is 6.67. The van der Waals surface area contributed by atoms with Crippen molar-refractivity contribution >= 4 is 11.6 Å². The van der Waals surface area contributed by atoms with Crippen LogP contribution in [0.25, 0.3) is 0 Å². The molecule has 0 heterocycles. The van der Waals surface area contributed by atoms with Gasteiger partial charge in [-0.25, -0.2) is 0 Å². The molecule has 0 bridgehead atoms. The van der Waals surface area contributed by atoms with Gasteiger partial charge in [0.15, 0.2) is 0 Å². The third kappa shape index (κ3) is 1.72. The van der Waals surface area contributed by atoms with E-state index < -0.39 is 0 Å². The highest BCUT2D eigenvalue weighted by Gasteiger charge is 2.43. The van der Waals surface area contributed by atoms with E-state index >= 15 is 0 Å². The summed E-state index contributed by atoms with van der Waals surface area (Å²) in [6, 6.07) is 4.65. The van der Waals surface area contributed by atoms with E-state index in [1.807, 2.05) is 0 Å². The highest BCUT2D eigenvalue weighted by Crippen LogP contribution is 2.56. The number of rotatable bonds is 1. The zero-order valence-corrected chi connectivity index (χ0v) is 12.5. The van der Waals surface area contributed by atoms with Crippen molar-refractivity contribution in [2.45, 2.75) is 64.7 Å². The van der Waals surface area contributed by atoms with Crippen LogP contribution in [-0.2, 0) is 6.42 Å². The van der Waals surface area contributed by atoms with Crippen molar-refractivity contribution in [3.8, 4) is 0 Å². The standard InChI is InChI=1S/C17H23Cl/c1-11(2)12-6-7-13-14(16(12)18)8-10-17(3)9-4-5-15(13)17/h6-7,11,15H,4-5,8-10H2,1-3H3/t15-,17+/m0/s1. The lowest BCUT2D eigenvalue weighted by molar-refractivity contribution is 0.252. The molecule has 0 radical (unpaired) electrons. The molecule has 0 N–H and O–H groups in total. The molecule has 1 saturated carbocycles. The van der Waals surface area contributed by atoms with Crippen LogP contribution in [0.3, 0.4) is 0 Å². The van der Waals surface area contributed by atoms with Gasteiger partial charge in [-0.05, 0) is 59.6 Å². The minimum atomic E-state index is 0.527. The van der Waals surface area contributed by atoms with Crippen molar-refractivity contribution < 1.29 is 0 Å². The Morgan fingerprint density at radius 1 is 1.28 bits per heavy atom. The lowest BCUT2D eigenvalue weighted by Gasteiger charge is -2.38. The highest BCUT2D eigenvalue weighted by molar-refractivity contribution is 6.32. The highest BCUT2D eigenvalue weighted by atomic mass is 35.5. The Morgan fingerprint density at radius 3 is 2.78 bits per heavy atom. The molecule has 0 unspecified atom stereocenters. The summed E-state index contributed by atoms with van der Waals surface area (Å²) >= 11 is 6.66. The molecule has 0 amide bonds. The van der Waals surface area contributed by atoms with Gasteiger partial charge in [0.25, 0.3) is 0 Å². The van der Waals surface area contributed by atoms with Gasteiger partial charge in [0.2, 0.25) is 0 Å². The molecule has 1 fully saturated rings. The molecular weight excluding hydrogens is 240 g/mol. The molecule has 0 nitrogen and oxygen atoms in total. The Labute approximate surface area is 116 Å². The van der Waals surface area contributed by atoms with Gasteiger partial charge in [-0.15, -0.1) is 0 Å². The number of halogens is 1. The van der Waals surface area contributed by atoms with Crippen molar-refractivity contribution in [1.29, 1.82) is 0 Å². The smallest absolute Gasteiger partial charge is 0.0475 e. The van der Waals surface area contributed by atoms with Gasteiger partial charge in [-0.2, -0.15) is 0 Å². The maximum absolute atomic E-state index is 6.66. The molecule has 3 rings (SSSR count). The number of fused-ring (bicyclic) bond motifs is 3. The van der Waals surface area contributed by atoms with Crippen LogP contribution in [0.5, 0.6) is 0 Å². The quantitative estimate of drug-likeness (QED) is 0.610. The van der Waals surface area contributed by atoms with E-state index in [1.165, 1.54) is 43.2 Å². The molecule has 2 aliphatic carbocycles. The van der Waals surface area contributed by atoms with Gasteiger partial charge < -0.3 is 0 Å². The van der Waals surface area contributed by atoms with E-state index in [2.05, 4.69) is 32.9 Å². The van der Waals surface area contributed by atoms with Crippen LogP contribution in [-0.4, -0.2) is 0 Å². The summed E-state index contributed by atoms with van der Waals surface area (Å²) in [4.78, 5) is 0. The first-order chi connectivity index (χ1) is 8.53. The maximum atomic E-state index is 6.66. The second-order valence-corrected chi connectivity index (χ2v) is 7.17. The molecule has 18 heavy (non-hydrogen) atoms. The second-order valence-electron chi connectivity index (χ2n) is 6.79. The monoisotopic (exact) mass is 262 g/mol. The Hall–Kier alpha value is -0.490. The first-order valence-corrected chi connectivity index (χ1v) is 7.72. The minimum Gasteiger partial charge on any atom is -0.0837 e. The third-order valence-electron chi connectivity index (χ3n) is 5.33. The van der Waals surface area contributed by atoms with Gasteiger partial charge in [0, 0.05) is 5.02 Å². The van der Waals surface area contributed by atoms with Crippen LogP contribution >= 0.6 is 11.6 Å². The lowest BCUT2D eigenvalue weighted by atomic mass is 9.66. The molecule has 2 aliphatic rings. The SMILES string of the molecule is CC(C)c1ccc2c(c1Cl)CC[C@@]1(C)CCC[C@@H]21. The Kier molecular flexibility index (Phi) is 2.97. The largest absolute Gasteiger partial charge is 0.0837 e. The summed E-state index contributed by atoms with van der Waals surface area (Å²) < 4.78 is 0. The molecule has 0 aliphatic heterocycles. The van der Waals surface area contributed by atoms with Gasteiger partial charge >= 0.3 is 0 Å². The number of hydrogen-bond donors (Lipinski definition) is 0. The number of hydrogen-bond acceptors (Lipinski definition) is 0. The second kappa shape index (κ2) is 4.27. The minimum absolute atomic E-state index is 0.527. The summed E-state index contributed by atoms with van der Waals surface area (Å²) in [5.74, 6) is 1.29. The van der Waals surface area contributed by atoms with Gasteiger partial charge in [-0.1, -0.05) is 50.9 Å². The average Bonchev–Trinajstić information content (AvgIpc) is 2.71. The molecule has 0 aromatic heterocycles. The summed E-state index contributed by atoms with van der Waals surface area (Å²) in [5, 5.41) is 1.07. The summed E-state index contributed by atoms with van der Waals surface area (Å²) in [7, 11) is 0. The normalized spacial score (nSPS) is 30.4. The van der Waals surface area contributed by atoms with Crippen molar-refractivity contribution in [1.82, 2.24) is 0 Å². The van der Waals surface area contributed by atoms with Crippen molar-refractivity contribution in [3.05, 3.63) is 33.8 Å². The fourth-order valence-electron chi connectivity index (χ4n) is 4.15. The van der Waals surface area contributed by atoms with Crippen molar-refractivity contribution in [3.63, 3.8) is 0 Å². The third-order valence-corrected chi connectivity index (χ3v) is 5.78. The van der Waals surface area contributed by atoms with E-state index in [4.69, 9.17) is 11.6 Å². The van der Waals surface area contributed by atoms with Crippen molar-refractivity contribution in [2.24, 2.45) is 5.41 Å². The Balaban J connectivity index is 2.10. The van der Waals surface area contributed by atoms with E-state index in [1.54, 1.807) is 5.56 Å². The predicted molar refractivity (Wildman–Crippen MR) is 78.6 cm³/mol. The molecule has 2 atom stereocenters. The van der Waals surface area contributed by atoms with Gasteiger partial charge in [-0.3, -0.25) is 0 Å². The molecule has 1 heteroatoms. The van der Waals surface area contributed by atoms with Gasteiger partial charge in [0.05, 0.1) is 0 Å². The molecule has 0 spiro atoms. The molecule has 1 aromatic rings. The van der Waals surface area contributed by atoms with E-state index in [9.17, 15) is 0 Å². The topological polar surface area (TPSA) is 0 Å². The van der Waals surface area contributed by atoms with Gasteiger partial charge in [0.1, 0.15) is 0 Å². The van der Waals surface area contributed by atoms with E-state index in [-0.39, 0.29) is 0 Å². The van der Waals surface area contributed by atoms with Crippen molar-refractivity contribution in [2.75, 3.05) is 0 Å². The van der Waals surface area contributed by atoms with Crippen LogP contribution in [0.15, 0.2) is 12.1 Å². The first-order valence-electron chi connectivity index (χ1n) is 7.34. The molecular formula is C17H23Cl. The lowest BCUT2D eigenvalue weighted by Crippen LogP contribution is -2.27. The average molecular weight is 263 g/mol. The van der Waals surface area contributed by atoms with Crippen LogP contribution in [0.1, 0.15) is 75.0 Å². The molecule has 1 aromatic carbocycles. The molecule has 98 valence electrons. The van der Waals surface area contributed by atoms with E-state index in [0.29, 0.717) is 11.3 Å². The summed E-state index contributed by atoms with van der Waals surface area (Å²) in [6.45, 7) is 6.95. The Morgan fingerprint density at radius 2 is 2.06 bits per heavy atom. The summed E-state index contributed by atoms with van der Waals surface area (Å²) in [5.41, 5.74) is 4.91. The molecule has 0 saturated heterocycles. The van der Waals surface area contributed by atoms with Crippen LogP contribution in [0.4, 0.5) is 0 Å². The van der Waals surface area contributed by atoms with Crippen LogP contribution in [0, 0.1) is 5.41 Å².